The van der Waals surface area contributed by atoms with E-state index in [2.05, 4.69) is 19.2 Å². The molecule has 0 saturated carbocycles. The van der Waals surface area contributed by atoms with E-state index in [0.717, 1.165) is 5.56 Å². The van der Waals surface area contributed by atoms with Crippen molar-refractivity contribution in [1.82, 2.24) is 15.1 Å². The van der Waals surface area contributed by atoms with Gasteiger partial charge in [0.1, 0.15) is 11.9 Å². The highest BCUT2D eigenvalue weighted by atomic mass is 19.1. The number of carbonyl (C=O) groups is 2. The minimum absolute atomic E-state index is 0.0121. The summed E-state index contributed by atoms with van der Waals surface area (Å²) in [5, 5.41) is 2.79. The second-order valence-electron chi connectivity index (χ2n) is 6.33. The summed E-state index contributed by atoms with van der Waals surface area (Å²) in [6, 6.07) is 5.25. The van der Waals surface area contributed by atoms with Crippen LogP contribution >= 0.6 is 0 Å². The fraction of sp³-hybridized carbons (Fsp3) is 0.529. The van der Waals surface area contributed by atoms with E-state index in [0.29, 0.717) is 32.1 Å². The molecule has 23 heavy (non-hydrogen) atoms. The van der Waals surface area contributed by atoms with Gasteiger partial charge in [-0.25, -0.2) is 9.18 Å². The van der Waals surface area contributed by atoms with Gasteiger partial charge in [-0.3, -0.25) is 4.79 Å². The molecule has 0 aliphatic carbocycles. The quantitative estimate of drug-likeness (QED) is 0.924. The van der Waals surface area contributed by atoms with Gasteiger partial charge in [0.15, 0.2) is 0 Å². The Balaban J connectivity index is 1.90. The maximum Gasteiger partial charge on any atom is 0.318 e. The summed E-state index contributed by atoms with van der Waals surface area (Å²) in [7, 11) is 0. The summed E-state index contributed by atoms with van der Waals surface area (Å²) in [5.74, 6) is 0.0902. The lowest BCUT2D eigenvalue weighted by Gasteiger charge is -2.39. The van der Waals surface area contributed by atoms with E-state index in [1.165, 1.54) is 12.1 Å². The number of benzene rings is 1. The zero-order valence-electron chi connectivity index (χ0n) is 13.9. The molecule has 0 radical (unpaired) electrons. The molecule has 0 aromatic heterocycles. The standard InChI is InChI=1S/C17H24FN3O2/c1-12(2)11-20-8-9-21(13(3)16(20)22)17(23)19-10-14-4-6-15(18)7-5-14/h4-7,12-13H,8-11H2,1-3H3,(H,19,23)/t13-/m0/s1. The lowest BCUT2D eigenvalue weighted by Crippen LogP contribution is -2.59. The molecule has 5 nitrogen and oxygen atoms in total. The van der Waals surface area contributed by atoms with Crippen LogP contribution in [0.4, 0.5) is 9.18 Å². The van der Waals surface area contributed by atoms with Crippen molar-refractivity contribution in [2.24, 2.45) is 5.92 Å². The number of rotatable bonds is 4. The Bertz CT molecular complexity index is 559. The molecule has 1 aromatic carbocycles. The van der Waals surface area contributed by atoms with Gasteiger partial charge >= 0.3 is 6.03 Å². The number of hydrogen-bond donors (Lipinski definition) is 1. The van der Waals surface area contributed by atoms with Crippen LogP contribution in [-0.2, 0) is 11.3 Å². The van der Waals surface area contributed by atoms with Gasteiger partial charge in [-0.1, -0.05) is 26.0 Å². The molecule has 1 aromatic rings. The predicted molar refractivity (Wildman–Crippen MR) is 86.2 cm³/mol. The Morgan fingerprint density at radius 1 is 1.30 bits per heavy atom. The Morgan fingerprint density at radius 3 is 2.57 bits per heavy atom. The van der Waals surface area contributed by atoms with Gasteiger partial charge in [0.05, 0.1) is 0 Å². The monoisotopic (exact) mass is 321 g/mol. The molecule has 2 rings (SSSR count). The Hall–Kier alpha value is -2.11. The molecule has 1 fully saturated rings. The first-order valence-electron chi connectivity index (χ1n) is 7.96. The van der Waals surface area contributed by atoms with Crippen LogP contribution in [0.2, 0.25) is 0 Å². The van der Waals surface area contributed by atoms with Crippen LogP contribution < -0.4 is 5.32 Å². The van der Waals surface area contributed by atoms with E-state index in [-0.39, 0.29) is 17.8 Å². The highest BCUT2D eigenvalue weighted by Crippen LogP contribution is 2.13. The van der Waals surface area contributed by atoms with Gasteiger partial charge in [0.25, 0.3) is 0 Å². The third-order valence-corrected chi connectivity index (χ3v) is 3.95. The maximum absolute atomic E-state index is 12.9. The number of nitrogens with zero attached hydrogens (tertiary/aromatic N) is 2. The van der Waals surface area contributed by atoms with Crippen LogP contribution in [0.1, 0.15) is 26.3 Å². The van der Waals surface area contributed by atoms with Crippen molar-refractivity contribution in [3.05, 3.63) is 35.6 Å². The van der Waals surface area contributed by atoms with E-state index in [1.807, 2.05) is 4.90 Å². The zero-order chi connectivity index (χ0) is 17.0. The Morgan fingerprint density at radius 2 is 1.96 bits per heavy atom. The number of carbonyl (C=O) groups excluding carboxylic acids is 2. The molecule has 1 N–H and O–H groups in total. The van der Waals surface area contributed by atoms with Gasteiger partial charge < -0.3 is 15.1 Å². The van der Waals surface area contributed by atoms with E-state index < -0.39 is 6.04 Å². The zero-order valence-corrected chi connectivity index (χ0v) is 13.9. The maximum atomic E-state index is 12.9. The molecule has 0 unspecified atom stereocenters. The van der Waals surface area contributed by atoms with Crippen LogP contribution in [0, 0.1) is 11.7 Å². The lowest BCUT2D eigenvalue weighted by atomic mass is 10.1. The third kappa shape index (κ3) is 4.43. The van der Waals surface area contributed by atoms with Gasteiger partial charge in [0.2, 0.25) is 5.91 Å². The fourth-order valence-electron chi connectivity index (χ4n) is 2.71. The first kappa shape index (κ1) is 17.2. The predicted octanol–water partition coefficient (Wildman–Crippen LogP) is 2.22. The second-order valence-corrected chi connectivity index (χ2v) is 6.33. The van der Waals surface area contributed by atoms with Crippen LogP contribution in [0.25, 0.3) is 0 Å². The van der Waals surface area contributed by atoms with Crippen LogP contribution in [0.5, 0.6) is 0 Å². The van der Waals surface area contributed by atoms with Crippen molar-refractivity contribution >= 4 is 11.9 Å². The van der Waals surface area contributed by atoms with E-state index >= 15 is 0 Å². The minimum atomic E-state index is -0.462. The molecule has 3 amide bonds. The van der Waals surface area contributed by atoms with E-state index in [1.54, 1.807) is 24.0 Å². The topological polar surface area (TPSA) is 52.6 Å². The van der Waals surface area contributed by atoms with Crippen molar-refractivity contribution < 1.29 is 14.0 Å². The molecule has 1 heterocycles. The average molecular weight is 321 g/mol. The highest BCUT2D eigenvalue weighted by molar-refractivity contribution is 5.88. The van der Waals surface area contributed by atoms with Crippen LogP contribution in [0.3, 0.4) is 0 Å². The van der Waals surface area contributed by atoms with E-state index in [9.17, 15) is 14.0 Å². The van der Waals surface area contributed by atoms with Gasteiger partial charge in [-0.2, -0.15) is 0 Å². The molecular formula is C17H24FN3O2. The second kappa shape index (κ2) is 7.44. The SMILES string of the molecule is CC(C)CN1CCN(C(=O)NCc2ccc(F)cc2)[C@@H](C)C1=O. The number of urea groups is 1. The number of amides is 3. The molecular weight excluding hydrogens is 297 g/mol. The van der Waals surface area contributed by atoms with Crippen molar-refractivity contribution in [3.63, 3.8) is 0 Å². The summed E-state index contributed by atoms with van der Waals surface area (Å²) >= 11 is 0. The van der Waals surface area contributed by atoms with Gasteiger partial charge in [-0.15, -0.1) is 0 Å². The largest absolute Gasteiger partial charge is 0.339 e. The van der Waals surface area contributed by atoms with Crippen molar-refractivity contribution in [2.45, 2.75) is 33.4 Å². The summed E-state index contributed by atoms with van der Waals surface area (Å²) in [6.45, 7) is 8.01. The normalized spacial score (nSPS) is 18.5. The lowest BCUT2D eigenvalue weighted by molar-refractivity contribution is -0.139. The molecule has 1 aliphatic heterocycles. The van der Waals surface area contributed by atoms with Crippen LogP contribution in [0.15, 0.2) is 24.3 Å². The Labute approximate surface area is 136 Å². The molecule has 1 aliphatic rings. The molecule has 126 valence electrons. The van der Waals surface area contributed by atoms with Crippen molar-refractivity contribution in [1.29, 1.82) is 0 Å². The van der Waals surface area contributed by atoms with Crippen molar-refractivity contribution in [2.75, 3.05) is 19.6 Å². The van der Waals surface area contributed by atoms with E-state index in [4.69, 9.17) is 0 Å². The third-order valence-electron chi connectivity index (χ3n) is 3.95. The summed E-state index contributed by atoms with van der Waals surface area (Å²) in [5.41, 5.74) is 0.817. The number of piperazine rings is 1. The van der Waals surface area contributed by atoms with Gasteiger partial charge in [-0.05, 0) is 30.5 Å². The number of hydrogen-bond acceptors (Lipinski definition) is 2. The Kier molecular flexibility index (Phi) is 5.58. The summed E-state index contributed by atoms with van der Waals surface area (Å²) in [4.78, 5) is 28.0. The first-order chi connectivity index (χ1) is 10.9. The minimum Gasteiger partial charge on any atom is -0.339 e. The summed E-state index contributed by atoms with van der Waals surface area (Å²) in [6.07, 6.45) is 0. The molecule has 1 atom stereocenters. The first-order valence-corrected chi connectivity index (χ1v) is 7.96. The highest BCUT2D eigenvalue weighted by Gasteiger charge is 2.34. The number of halogens is 1. The molecule has 0 bridgehead atoms. The molecule has 0 spiro atoms. The smallest absolute Gasteiger partial charge is 0.318 e. The fourth-order valence-corrected chi connectivity index (χ4v) is 2.71. The molecule has 1 saturated heterocycles. The molecule has 6 heteroatoms. The average Bonchev–Trinajstić information content (AvgIpc) is 2.51. The van der Waals surface area contributed by atoms with Gasteiger partial charge in [0, 0.05) is 26.2 Å². The van der Waals surface area contributed by atoms with Crippen molar-refractivity contribution in [3.8, 4) is 0 Å². The van der Waals surface area contributed by atoms with Crippen LogP contribution in [-0.4, -0.2) is 47.4 Å². The number of nitrogens with one attached hydrogen (secondary N) is 1. The summed E-state index contributed by atoms with van der Waals surface area (Å²) < 4.78 is 12.9.